The fourth-order valence-corrected chi connectivity index (χ4v) is 1.48. The lowest BCUT2D eigenvalue weighted by atomic mass is 9.97. The van der Waals surface area contributed by atoms with Crippen molar-refractivity contribution in [2.75, 3.05) is 0 Å². The van der Waals surface area contributed by atoms with E-state index in [1.165, 1.54) is 12.1 Å². The van der Waals surface area contributed by atoms with Gasteiger partial charge in [0.05, 0.1) is 5.48 Å². The predicted octanol–water partition coefficient (Wildman–Crippen LogP) is 3.97. The van der Waals surface area contributed by atoms with Gasteiger partial charge in [0.1, 0.15) is 0 Å². The molecular weight excluding hydrogens is 168 g/mol. The standard InChI is InChI=1S/C14H14/c1-11-7-3-5-9-13(11)14-10-6-4-8-12(14)2/h3-10H,1-2H3/i5D,6D,7D,8D. The van der Waals surface area contributed by atoms with Crippen LogP contribution in [0.25, 0.3) is 11.1 Å². The van der Waals surface area contributed by atoms with E-state index < -0.39 is 0 Å². The average molecular weight is 186 g/mol. The highest BCUT2D eigenvalue weighted by molar-refractivity contribution is 5.70. The zero-order chi connectivity index (χ0) is 13.4. The number of rotatable bonds is 1. The normalized spacial score (nSPS) is 14.1. The van der Waals surface area contributed by atoms with Crippen molar-refractivity contribution < 1.29 is 5.48 Å². The topological polar surface area (TPSA) is 0 Å². The molecule has 0 saturated heterocycles. The first-order chi connectivity index (χ1) is 8.40. The van der Waals surface area contributed by atoms with Gasteiger partial charge in [0.2, 0.25) is 0 Å². The average Bonchev–Trinajstić information content (AvgIpc) is 2.28. The third-order valence-electron chi connectivity index (χ3n) is 2.30. The van der Waals surface area contributed by atoms with Crippen LogP contribution in [0.4, 0.5) is 0 Å². The molecule has 0 amide bonds. The summed E-state index contributed by atoms with van der Waals surface area (Å²) in [7, 11) is 0. The summed E-state index contributed by atoms with van der Waals surface area (Å²) in [4.78, 5) is 0. The molecule has 0 N–H and O–H groups in total. The van der Waals surface area contributed by atoms with Crippen LogP contribution in [0.3, 0.4) is 0 Å². The molecule has 2 aromatic rings. The van der Waals surface area contributed by atoms with E-state index in [0.717, 1.165) is 22.3 Å². The maximum atomic E-state index is 7.81. The lowest BCUT2D eigenvalue weighted by Crippen LogP contribution is -1.85. The van der Waals surface area contributed by atoms with Gasteiger partial charge in [-0.2, -0.15) is 0 Å². The molecule has 0 unspecified atom stereocenters. The van der Waals surface area contributed by atoms with Crippen molar-refractivity contribution in [3.05, 3.63) is 59.6 Å². The third-order valence-corrected chi connectivity index (χ3v) is 2.30. The molecule has 70 valence electrons. The molecule has 2 rings (SSSR count). The summed E-state index contributed by atoms with van der Waals surface area (Å²) in [6, 6.07) is 7.57. The molecule has 0 heteroatoms. The van der Waals surface area contributed by atoms with Gasteiger partial charge in [0.15, 0.2) is 0 Å². The summed E-state index contributed by atoms with van der Waals surface area (Å²) in [5, 5.41) is 0. The van der Waals surface area contributed by atoms with Crippen LogP contribution in [0.15, 0.2) is 48.4 Å². The molecule has 0 nitrogen and oxygen atoms in total. The van der Waals surface area contributed by atoms with E-state index in [1.807, 2.05) is 13.8 Å². The predicted molar refractivity (Wildman–Crippen MR) is 61.4 cm³/mol. The molecule has 0 saturated carbocycles. The molecule has 0 atom stereocenters. The minimum atomic E-state index is 0.280. The van der Waals surface area contributed by atoms with E-state index in [-0.39, 0.29) is 12.1 Å². The lowest BCUT2D eigenvalue weighted by Gasteiger charge is -2.08. The number of hydrogen-bond donors (Lipinski definition) is 0. The second-order valence-electron chi connectivity index (χ2n) is 3.28. The van der Waals surface area contributed by atoms with Crippen LogP contribution in [0.5, 0.6) is 0 Å². The van der Waals surface area contributed by atoms with E-state index in [1.54, 1.807) is 12.1 Å². The van der Waals surface area contributed by atoms with Gasteiger partial charge >= 0.3 is 0 Å². The zero-order valence-electron chi connectivity index (χ0n) is 12.3. The van der Waals surface area contributed by atoms with Crippen LogP contribution in [0, 0.1) is 13.8 Å². The molecule has 0 aliphatic heterocycles. The highest BCUT2D eigenvalue weighted by Gasteiger charge is 2.02. The maximum absolute atomic E-state index is 7.81. The molecule has 0 bridgehead atoms. The summed E-state index contributed by atoms with van der Waals surface area (Å²) in [5.41, 5.74) is 3.10. The molecule has 0 heterocycles. The Morgan fingerprint density at radius 1 is 0.857 bits per heavy atom. The van der Waals surface area contributed by atoms with E-state index >= 15 is 0 Å². The first-order valence-electron chi connectivity index (χ1n) is 6.56. The first kappa shape index (κ1) is 5.35. The van der Waals surface area contributed by atoms with Crippen LogP contribution < -0.4 is 0 Å². The molecule has 0 aromatic heterocycles. The highest BCUT2D eigenvalue weighted by Crippen LogP contribution is 2.25. The third kappa shape index (κ3) is 1.56. The second kappa shape index (κ2) is 3.67. The van der Waals surface area contributed by atoms with Crippen LogP contribution in [-0.4, -0.2) is 0 Å². The summed E-state index contributed by atoms with van der Waals surface area (Å²) in [5.74, 6) is 0. The molecule has 14 heavy (non-hydrogen) atoms. The largest absolute Gasteiger partial charge is 0.0626 e. The minimum absolute atomic E-state index is 0.280. The van der Waals surface area contributed by atoms with Crippen LogP contribution in [-0.2, 0) is 0 Å². The Kier molecular flexibility index (Phi) is 1.40. The summed E-state index contributed by atoms with van der Waals surface area (Å²) < 4.78 is 31.0. The number of hydrogen-bond acceptors (Lipinski definition) is 0. The Morgan fingerprint density at radius 3 is 1.71 bits per heavy atom. The molecule has 0 radical (unpaired) electrons. The molecule has 0 fully saturated rings. The Bertz CT molecular complexity index is 562. The van der Waals surface area contributed by atoms with Crippen LogP contribution in [0.1, 0.15) is 16.6 Å². The van der Waals surface area contributed by atoms with Gasteiger partial charge in [-0.3, -0.25) is 0 Å². The van der Waals surface area contributed by atoms with Crippen molar-refractivity contribution in [3.63, 3.8) is 0 Å². The van der Waals surface area contributed by atoms with Gasteiger partial charge in [-0.15, -0.1) is 0 Å². The Labute approximate surface area is 90.8 Å². The Morgan fingerprint density at radius 2 is 1.29 bits per heavy atom. The van der Waals surface area contributed by atoms with E-state index in [9.17, 15) is 0 Å². The van der Waals surface area contributed by atoms with Crippen molar-refractivity contribution in [2.45, 2.75) is 13.8 Å². The Balaban J connectivity index is 2.77. The fraction of sp³-hybridized carbons (Fsp3) is 0.143. The maximum Gasteiger partial charge on any atom is 0.0626 e. The second-order valence-corrected chi connectivity index (χ2v) is 3.28. The Hall–Kier alpha value is -1.56. The van der Waals surface area contributed by atoms with Gasteiger partial charge in [-0.25, -0.2) is 0 Å². The molecular formula is C14H14. The smallest absolute Gasteiger partial charge is 0.0620 e. The molecule has 0 aliphatic rings. The van der Waals surface area contributed by atoms with Crippen LogP contribution >= 0.6 is 0 Å². The first-order valence-corrected chi connectivity index (χ1v) is 4.56. The van der Waals surface area contributed by atoms with E-state index in [4.69, 9.17) is 5.48 Å². The molecule has 2 aromatic carbocycles. The monoisotopic (exact) mass is 186 g/mol. The van der Waals surface area contributed by atoms with Gasteiger partial charge in [0.25, 0.3) is 0 Å². The summed E-state index contributed by atoms with van der Waals surface area (Å²) >= 11 is 0. The lowest BCUT2D eigenvalue weighted by molar-refractivity contribution is 1.41. The van der Waals surface area contributed by atoms with Crippen molar-refractivity contribution >= 4 is 0 Å². The molecule has 0 aliphatic carbocycles. The van der Waals surface area contributed by atoms with Gasteiger partial charge in [-0.1, -0.05) is 48.4 Å². The van der Waals surface area contributed by atoms with Gasteiger partial charge in [-0.05, 0) is 36.1 Å². The van der Waals surface area contributed by atoms with E-state index in [2.05, 4.69) is 0 Å². The van der Waals surface area contributed by atoms with E-state index in [0.29, 0.717) is 12.1 Å². The van der Waals surface area contributed by atoms with Crippen molar-refractivity contribution in [2.24, 2.45) is 0 Å². The summed E-state index contributed by atoms with van der Waals surface area (Å²) in [6.07, 6.45) is 0. The number of benzene rings is 2. The van der Waals surface area contributed by atoms with Crippen molar-refractivity contribution in [3.8, 4) is 11.1 Å². The highest BCUT2D eigenvalue weighted by atomic mass is 14.1. The fourth-order valence-electron chi connectivity index (χ4n) is 1.48. The quantitative estimate of drug-likeness (QED) is 0.632. The van der Waals surface area contributed by atoms with Gasteiger partial charge in [0, 0.05) is 0 Å². The summed E-state index contributed by atoms with van der Waals surface area (Å²) in [6.45, 7) is 3.66. The van der Waals surface area contributed by atoms with Crippen molar-refractivity contribution in [1.82, 2.24) is 0 Å². The van der Waals surface area contributed by atoms with Crippen LogP contribution in [0.2, 0.25) is 0 Å². The van der Waals surface area contributed by atoms with Crippen molar-refractivity contribution in [1.29, 1.82) is 0 Å². The SMILES string of the molecule is [2H]c1cc([2H])c(C)c(-c2cc([2H])cc([2H])c2C)c1. The molecule has 0 spiro atoms. The van der Waals surface area contributed by atoms with Gasteiger partial charge < -0.3 is 0 Å². The minimum Gasteiger partial charge on any atom is -0.0620 e. The zero-order valence-corrected chi connectivity index (χ0v) is 8.31.